The van der Waals surface area contributed by atoms with E-state index in [1.165, 1.54) is 5.56 Å². The van der Waals surface area contributed by atoms with Crippen LogP contribution in [0.3, 0.4) is 0 Å². The quantitative estimate of drug-likeness (QED) is 0.241. The van der Waals surface area contributed by atoms with Gasteiger partial charge in [0, 0.05) is 16.5 Å². The van der Waals surface area contributed by atoms with E-state index in [2.05, 4.69) is 59.6 Å². The van der Waals surface area contributed by atoms with Crippen molar-refractivity contribution in [1.29, 1.82) is 0 Å². The van der Waals surface area contributed by atoms with E-state index in [1.807, 2.05) is 37.3 Å². The average molecular weight is 381 g/mol. The molecule has 134 valence electrons. The minimum absolute atomic E-state index is 0.475. The summed E-state index contributed by atoms with van der Waals surface area (Å²) in [4.78, 5) is 9.51. The predicted molar refractivity (Wildman–Crippen MR) is 118 cm³/mol. The molecule has 0 spiro atoms. The van der Waals surface area contributed by atoms with Crippen LogP contribution >= 0.6 is 11.6 Å². The first-order chi connectivity index (χ1) is 13.7. The Morgan fingerprint density at radius 1 is 0.607 bits per heavy atom. The maximum absolute atomic E-state index is 6.43. The van der Waals surface area contributed by atoms with Gasteiger partial charge in [0.1, 0.15) is 5.15 Å². The Hall–Kier alpha value is -3.23. The van der Waals surface area contributed by atoms with Crippen LogP contribution in [0, 0.1) is 6.92 Å². The second kappa shape index (κ2) is 6.74. The minimum atomic E-state index is 0.475. The number of hydrogen-bond acceptors (Lipinski definition) is 2. The number of pyridine rings is 2. The lowest BCUT2D eigenvalue weighted by atomic mass is 9.96. The molecule has 2 aromatic heterocycles. The van der Waals surface area contributed by atoms with Gasteiger partial charge in [0.2, 0.25) is 0 Å². The van der Waals surface area contributed by atoms with Crippen LogP contribution in [0.25, 0.3) is 44.1 Å². The molecule has 5 rings (SSSR count). The van der Waals surface area contributed by atoms with Gasteiger partial charge in [-0.2, -0.15) is 0 Å². The maximum Gasteiger partial charge on any atom is 0.130 e. The number of fused-ring (bicyclic) bond motifs is 3. The molecule has 0 aliphatic heterocycles. The zero-order valence-corrected chi connectivity index (χ0v) is 16.1. The maximum atomic E-state index is 6.43. The van der Waals surface area contributed by atoms with E-state index >= 15 is 0 Å². The van der Waals surface area contributed by atoms with Crippen molar-refractivity contribution in [3.8, 4) is 22.3 Å². The summed E-state index contributed by atoms with van der Waals surface area (Å²) in [6.45, 7) is 2.02. The summed E-state index contributed by atoms with van der Waals surface area (Å²) in [5.41, 5.74) is 7.20. The Labute approximate surface area is 168 Å². The Balaban J connectivity index is 1.89. The highest BCUT2D eigenvalue weighted by molar-refractivity contribution is 6.30. The Bertz CT molecular complexity index is 1210. The lowest BCUT2D eigenvalue weighted by Gasteiger charge is -2.13. The first kappa shape index (κ1) is 16.9. The van der Waals surface area contributed by atoms with Gasteiger partial charge in [-0.3, -0.25) is 4.98 Å². The SMILES string of the molecule is Cc1cc(-c2ccccc2)c2ccc3c(-c4ccccc4)cc(Cl)nc3c2n1. The van der Waals surface area contributed by atoms with Crippen LogP contribution in [0.15, 0.2) is 84.9 Å². The van der Waals surface area contributed by atoms with Gasteiger partial charge in [-0.15, -0.1) is 0 Å². The molecule has 0 amide bonds. The highest BCUT2D eigenvalue weighted by Gasteiger charge is 2.14. The Morgan fingerprint density at radius 3 is 1.68 bits per heavy atom. The van der Waals surface area contributed by atoms with Gasteiger partial charge in [0.25, 0.3) is 0 Å². The van der Waals surface area contributed by atoms with Crippen LogP contribution < -0.4 is 0 Å². The first-order valence-corrected chi connectivity index (χ1v) is 9.60. The molecule has 0 radical (unpaired) electrons. The fraction of sp³-hybridized carbons (Fsp3) is 0.0400. The van der Waals surface area contributed by atoms with Crippen LogP contribution in [-0.2, 0) is 0 Å². The van der Waals surface area contributed by atoms with Crippen LogP contribution in [0.4, 0.5) is 0 Å². The third-order valence-electron chi connectivity index (χ3n) is 5.02. The van der Waals surface area contributed by atoms with Gasteiger partial charge in [-0.25, -0.2) is 4.98 Å². The van der Waals surface area contributed by atoms with Crippen LogP contribution in [-0.4, -0.2) is 9.97 Å². The molecule has 3 aromatic carbocycles. The second-order valence-corrected chi connectivity index (χ2v) is 7.28. The zero-order valence-electron chi connectivity index (χ0n) is 15.4. The van der Waals surface area contributed by atoms with Crippen molar-refractivity contribution in [2.45, 2.75) is 6.92 Å². The highest BCUT2D eigenvalue weighted by Crippen LogP contribution is 2.36. The molecule has 0 saturated heterocycles. The lowest BCUT2D eigenvalue weighted by molar-refractivity contribution is 1.25. The fourth-order valence-corrected chi connectivity index (χ4v) is 3.98. The summed E-state index contributed by atoms with van der Waals surface area (Å²) in [6.07, 6.45) is 0. The zero-order chi connectivity index (χ0) is 19.1. The molecule has 5 aromatic rings. The summed E-state index contributed by atoms with van der Waals surface area (Å²) in [7, 11) is 0. The van der Waals surface area contributed by atoms with Crippen LogP contribution in [0.5, 0.6) is 0 Å². The smallest absolute Gasteiger partial charge is 0.130 e. The molecule has 2 nitrogen and oxygen atoms in total. The number of rotatable bonds is 2. The van der Waals surface area contributed by atoms with Gasteiger partial charge < -0.3 is 0 Å². The van der Waals surface area contributed by atoms with Gasteiger partial charge in [-0.05, 0) is 41.3 Å². The van der Waals surface area contributed by atoms with Gasteiger partial charge in [-0.1, -0.05) is 84.4 Å². The summed E-state index contributed by atoms with van der Waals surface area (Å²) >= 11 is 6.43. The Morgan fingerprint density at radius 2 is 1.11 bits per heavy atom. The average Bonchev–Trinajstić information content (AvgIpc) is 2.74. The first-order valence-electron chi connectivity index (χ1n) is 9.22. The van der Waals surface area contributed by atoms with Gasteiger partial charge >= 0.3 is 0 Å². The van der Waals surface area contributed by atoms with E-state index in [0.29, 0.717) is 5.15 Å². The van der Waals surface area contributed by atoms with Crippen molar-refractivity contribution in [1.82, 2.24) is 9.97 Å². The molecular weight excluding hydrogens is 364 g/mol. The van der Waals surface area contributed by atoms with Crippen molar-refractivity contribution in [2.24, 2.45) is 0 Å². The topological polar surface area (TPSA) is 25.8 Å². The largest absolute Gasteiger partial charge is 0.251 e. The number of halogens is 1. The third kappa shape index (κ3) is 2.83. The van der Waals surface area contributed by atoms with Gasteiger partial charge in [0.15, 0.2) is 0 Å². The molecule has 0 atom stereocenters. The summed E-state index contributed by atoms with van der Waals surface area (Å²) in [5, 5.41) is 2.61. The third-order valence-corrected chi connectivity index (χ3v) is 5.22. The van der Waals surface area contributed by atoms with E-state index < -0.39 is 0 Å². The standard InChI is InChI=1S/C25H17ClN2/c1-16-14-21(17-8-4-2-5-9-17)19-12-13-20-22(18-10-6-3-7-11-18)15-23(26)28-25(20)24(19)27-16/h2-15H,1H3. The van der Waals surface area contributed by atoms with Gasteiger partial charge in [0.05, 0.1) is 11.0 Å². The van der Waals surface area contributed by atoms with Crippen molar-refractivity contribution >= 4 is 33.4 Å². The van der Waals surface area contributed by atoms with E-state index in [0.717, 1.165) is 44.2 Å². The fourth-order valence-electron chi connectivity index (χ4n) is 3.78. The molecular formula is C25H17ClN2. The molecule has 0 fully saturated rings. The van der Waals surface area contributed by atoms with Crippen molar-refractivity contribution in [3.63, 3.8) is 0 Å². The predicted octanol–water partition coefficient (Wildman–Crippen LogP) is 7.08. The summed E-state index contributed by atoms with van der Waals surface area (Å²) in [5.74, 6) is 0. The molecule has 0 aliphatic rings. The second-order valence-electron chi connectivity index (χ2n) is 6.89. The van der Waals surface area contributed by atoms with Crippen LogP contribution in [0.2, 0.25) is 5.15 Å². The lowest BCUT2D eigenvalue weighted by Crippen LogP contribution is -1.93. The molecule has 3 heteroatoms. The van der Waals surface area contributed by atoms with Crippen molar-refractivity contribution < 1.29 is 0 Å². The van der Waals surface area contributed by atoms with Crippen molar-refractivity contribution in [2.75, 3.05) is 0 Å². The molecule has 0 unspecified atom stereocenters. The minimum Gasteiger partial charge on any atom is -0.251 e. The van der Waals surface area contributed by atoms with Crippen LogP contribution in [0.1, 0.15) is 5.69 Å². The van der Waals surface area contributed by atoms with E-state index in [9.17, 15) is 0 Å². The van der Waals surface area contributed by atoms with E-state index in [-0.39, 0.29) is 0 Å². The number of nitrogens with zero attached hydrogens (tertiary/aromatic N) is 2. The molecule has 28 heavy (non-hydrogen) atoms. The monoisotopic (exact) mass is 380 g/mol. The Kier molecular flexibility index (Phi) is 4.07. The number of hydrogen-bond donors (Lipinski definition) is 0. The number of aromatic nitrogens is 2. The number of benzene rings is 3. The summed E-state index contributed by atoms with van der Waals surface area (Å²) < 4.78 is 0. The van der Waals surface area contributed by atoms with E-state index in [4.69, 9.17) is 16.6 Å². The number of aryl methyl sites for hydroxylation is 1. The molecule has 0 saturated carbocycles. The molecule has 0 N–H and O–H groups in total. The highest BCUT2D eigenvalue weighted by atomic mass is 35.5. The summed E-state index contributed by atoms with van der Waals surface area (Å²) in [6, 6.07) is 29.0. The molecule has 0 aliphatic carbocycles. The molecule has 0 bridgehead atoms. The molecule has 2 heterocycles. The van der Waals surface area contributed by atoms with Crippen molar-refractivity contribution in [3.05, 3.63) is 95.8 Å². The normalized spacial score (nSPS) is 11.2. The van der Waals surface area contributed by atoms with E-state index in [1.54, 1.807) is 0 Å².